The molecule has 9 nitrogen and oxygen atoms in total. The number of ether oxygens (including phenoxy) is 3. The lowest BCUT2D eigenvalue weighted by Crippen LogP contribution is -2.56. The summed E-state index contributed by atoms with van der Waals surface area (Å²) in [6.07, 6.45) is 1.31. The predicted octanol–water partition coefficient (Wildman–Crippen LogP) is 1.97. The summed E-state index contributed by atoms with van der Waals surface area (Å²) in [4.78, 5) is 26.8. The standard InChI is InChI=1S/C16H24N4O5/c1-5-16(6-2)24-13-10(15(22)23-7-3)8-11(19-20-17)12(14(13)25-16)18-9(4)21/h8,11-14H,5-7H2,1-4H3,(H,18,21)/t11-,12+,13+,14-/m0/s1. The third-order valence-corrected chi connectivity index (χ3v) is 4.51. The Morgan fingerprint density at radius 3 is 2.56 bits per heavy atom. The number of nitrogens with zero attached hydrogens (tertiary/aromatic N) is 3. The zero-order valence-corrected chi connectivity index (χ0v) is 14.9. The van der Waals surface area contributed by atoms with E-state index in [-0.39, 0.29) is 18.1 Å². The topological polar surface area (TPSA) is 123 Å². The minimum absolute atomic E-state index is 0.211. The Morgan fingerprint density at radius 1 is 1.36 bits per heavy atom. The maximum Gasteiger partial charge on any atom is 0.336 e. The van der Waals surface area contributed by atoms with Gasteiger partial charge in [-0.25, -0.2) is 4.79 Å². The number of fused-ring (bicyclic) bond motifs is 1. The summed E-state index contributed by atoms with van der Waals surface area (Å²) < 4.78 is 17.3. The number of carbonyl (C=O) groups is 2. The third-order valence-electron chi connectivity index (χ3n) is 4.51. The molecule has 0 spiro atoms. The van der Waals surface area contributed by atoms with Crippen LogP contribution in [0, 0.1) is 0 Å². The molecule has 1 N–H and O–H groups in total. The van der Waals surface area contributed by atoms with Crippen molar-refractivity contribution in [3.05, 3.63) is 22.1 Å². The molecule has 0 aromatic heterocycles. The molecule has 0 saturated carbocycles. The minimum Gasteiger partial charge on any atom is -0.463 e. The zero-order chi connectivity index (χ0) is 18.6. The highest BCUT2D eigenvalue weighted by Gasteiger charge is 2.55. The Kier molecular flexibility index (Phi) is 6.05. The van der Waals surface area contributed by atoms with Crippen molar-refractivity contribution in [2.45, 2.75) is 70.6 Å². The van der Waals surface area contributed by atoms with Gasteiger partial charge in [-0.05, 0) is 25.3 Å². The lowest BCUT2D eigenvalue weighted by atomic mass is 9.86. The normalized spacial score (nSPS) is 29.8. The number of nitrogens with one attached hydrogen (secondary N) is 1. The lowest BCUT2D eigenvalue weighted by molar-refractivity contribution is -0.179. The number of hydrogen-bond acceptors (Lipinski definition) is 6. The maximum atomic E-state index is 12.4. The quantitative estimate of drug-likeness (QED) is 0.339. The molecule has 9 heteroatoms. The van der Waals surface area contributed by atoms with Gasteiger partial charge in [-0.3, -0.25) is 4.79 Å². The average molecular weight is 352 g/mol. The molecule has 0 radical (unpaired) electrons. The summed E-state index contributed by atoms with van der Waals surface area (Å²) in [6, 6.07) is -1.40. The van der Waals surface area contributed by atoms with Gasteiger partial charge in [0.05, 0.1) is 24.3 Å². The molecule has 1 aliphatic carbocycles. The Hall–Kier alpha value is -2.09. The van der Waals surface area contributed by atoms with Gasteiger partial charge in [0, 0.05) is 11.8 Å². The molecule has 1 fully saturated rings. The molecule has 4 atom stereocenters. The SMILES string of the molecule is CCOC(=O)C1=C[C@H](N=[N+]=[N-])[C@@H](NC(C)=O)[C@@H]2OC(CC)(CC)O[C@H]12. The number of rotatable bonds is 6. The van der Waals surface area contributed by atoms with E-state index in [1.807, 2.05) is 13.8 Å². The fourth-order valence-corrected chi connectivity index (χ4v) is 3.26. The first kappa shape index (κ1) is 19.2. The largest absolute Gasteiger partial charge is 0.463 e. The molecule has 0 bridgehead atoms. The first-order valence-electron chi connectivity index (χ1n) is 8.47. The lowest BCUT2D eigenvalue weighted by Gasteiger charge is -2.34. The second-order valence-electron chi connectivity index (χ2n) is 6.00. The van der Waals surface area contributed by atoms with Crippen LogP contribution in [0.3, 0.4) is 0 Å². The summed E-state index contributed by atoms with van der Waals surface area (Å²) in [7, 11) is 0. The van der Waals surface area contributed by atoms with E-state index >= 15 is 0 Å². The molecular formula is C16H24N4O5. The molecular weight excluding hydrogens is 328 g/mol. The zero-order valence-electron chi connectivity index (χ0n) is 14.9. The van der Waals surface area contributed by atoms with E-state index in [0.29, 0.717) is 12.8 Å². The van der Waals surface area contributed by atoms with Crippen LogP contribution < -0.4 is 5.32 Å². The van der Waals surface area contributed by atoms with Crippen LogP contribution in [0.1, 0.15) is 40.5 Å². The summed E-state index contributed by atoms with van der Waals surface area (Å²) in [5.74, 6) is -1.68. The summed E-state index contributed by atoms with van der Waals surface area (Å²) in [6.45, 7) is 7.13. The van der Waals surface area contributed by atoms with Gasteiger partial charge in [0.25, 0.3) is 0 Å². The van der Waals surface area contributed by atoms with Gasteiger partial charge >= 0.3 is 5.97 Å². The second kappa shape index (κ2) is 7.86. The number of esters is 1. The van der Waals surface area contributed by atoms with Crippen LogP contribution in [0.15, 0.2) is 16.8 Å². The first-order chi connectivity index (χ1) is 11.9. The average Bonchev–Trinajstić information content (AvgIpc) is 2.97. The molecule has 138 valence electrons. The number of hydrogen-bond donors (Lipinski definition) is 1. The van der Waals surface area contributed by atoms with Gasteiger partial charge in [0.2, 0.25) is 5.91 Å². The highest BCUT2D eigenvalue weighted by molar-refractivity contribution is 5.90. The van der Waals surface area contributed by atoms with Crippen LogP contribution in [0.4, 0.5) is 0 Å². The third kappa shape index (κ3) is 3.78. The van der Waals surface area contributed by atoms with Gasteiger partial charge in [0.15, 0.2) is 5.79 Å². The molecule has 2 aliphatic rings. The number of azide groups is 1. The molecule has 1 heterocycles. The monoisotopic (exact) mass is 352 g/mol. The molecule has 1 aliphatic heterocycles. The van der Waals surface area contributed by atoms with Gasteiger partial charge in [0.1, 0.15) is 12.2 Å². The summed E-state index contributed by atoms with van der Waals surface area (Å²) in [5, 5.41) is 6.48. The smallest absolute Gasteiger partial charge is 0.336 e. The number of amides is 1. The Labute approximate surface area is 146 Å². The Morgan fingerprint density at radius 2 is 2.04 bits per heavy atom. The Bertz CT molecular complexity index is 610. The summed E-state index contributed by atoms with van der Waals surface area (Å²) in [5.41, 5.74) is 9.12. The van der Waals surface area contributed by atoms with Crippen molar-refractivity contribution in [1.82, 2.24) is 5.32 Å². The van der Waals surface area contributed by atoms with Gasteiger partial charge < -0.3 is 19.5 Å². The van der Waals surface area contributed by atoms with E-state index in [4.69, 9.17) is 19.7 Å². The second-order valence-corrected chi connectivity index (χ2v) is 6.00. The van der Waals surface area contributed by atoms with Gasteiger partial charge in [-0.1, -0.05) is 25.0 Å². The highest BCUT2D eigenvalue weighted by Crippen LogP contribution is 2.42. The van der Waals surface area contributed by atoms with E-state index in [9.17, 15) is 9.59 Å². The van der Waals surface area contributed by atoms with Crippen molar-refractivity contribution >= 4 is 11.9 Å². The van der Waals surface area contributed by atoms with Crippen molar-refractivity contribution in [1.29, 1.82) is 0 Å². The van der Waals surface area contributed by atoms with E-state index in [1.165, 1.54) is 13.0 Å². The molecule has 0 unspecified atom stereocenters. The predicted molar refractivity (Wildman–Crippen MR) is 88.3 cm³/mol. The molecule has 25 heavy (non-hydrogen) atoms. The van der Waals surface area contributed by atoms with Crippen LogP contribution in [-0.4, -0.2) is 48.6 Å². The van der Waals surface area contributed by atoms with E-state index in [0.717, 1.165) is 0 Å². The molecule has 1 amide bonds. The van der Waals surface area contributed by atoms with E-state index < -0.39 is 36.0 Å². The van der Waals surface area contributed by atoms with Crippen molar-refractivity contribution < 1.29 is 23.8 Å². The van der Waals surface area contributed by atoms with Crippen LogP contribution in [-0.2, 0) is 23.8 Å². The molecule has 0 aromatic rings. The Balaban J connectivity index is 2.48. The number of carbonyl (C=O) groups excluding carboxylic acids is 2. The van der Waals surface area contributed by atoms with Crippen LogP contribution in [0.2, 0.25) is 0 Å². The van der Waals surface area contributed by atoms with Crippen molar-refractivity contribution in [2.75, 3.05) is 6.61 Å². The van der Waals surface area contributed by atoms with E-state index in [1.54, 1.807) is 6.92 Å². The molecule has 2 rings (SSSR count). The van der Waals surface area contributed by atoms with Crippen LogP contribution >= 0.6 is 0 Å². The fraction of sp³-hybridized carbons (Fsp3) is 0.750. The van der Waals surface area contributed by atoms with Gasteiger partial charge in [-0.15, -0.1) is 0 Å². The van der Waals surface area contributed by atoms with E-state index in [2.05, 4.69) is 15.3 Å². The molecule has 1 saturated heterocycles. The fourth-order valence-electron chi connectivity index (χ4n) is 3.26. The summed E-state index contributed by atoms with van der Waals surface area (Å²) >= 11 is 0. The first-order valence-corrected chi connectivity index (χ1v) is 8.47. The highest BCUT2D eigenvalue weighted by atomic mass is 16.8. The molecule has 0 aromatic carbocycles. The minimum atomic E-state index is -0.858. The van der Waals surface area contributed by atoms with Crippen molar-refractivity contribution in [3.63, 3.8) is 0 Å². The maximum absolute atomic E-state index is 12.4. The van der Waals surface area contributed by atoms with Crippen LogP contribution in [0.25, 0.3) is 10.4 Å². The van der Waals surface area contributed by atoms with Gasteiger partial charge in [-0.2, -0.15) is 0 Å². The van der Waals surface area contributed by atoms with Crippen LogP contribution in [0.5, 0.6) is 0 Å². The van der Waals surface area contributed by atoms with Crippen molar-refractivity contribution in [3.8, 4) is 0 Å². The van der Waals surface area contributed by atoms with Crippen molar-refractivity contribution in [2.24, 2.45) is 5.11 Å².